The van der Waals surface area contributed by atoms with E-state index in [9.17, 15) is 4.79 Å². The number of ketones is 1. The molecule has 8 rings (SSSR count). The van der Waals surface area contributed by atoms with Crippen LogP contribution in [-0.4, -0.2) is 71.1 Å². The molecular weight excluding hydrogens is 529 g/mol. The van der Waals surface area contributed by atoms with Crippen LogP contribution in [0.5, 0.6) is 6.01 Å². The van der Waals surface area contributed by atoms with Crippen molar-refractivity contribution in [3.8, 4) is 17.1 Å². The maximum atomic E-state index is 16.8. The predicted octanol–water partition coefficient (Wildman–Crippen LogP) is 5.74. The Morgan fingerprint density at radius 3 is 2.48 bits per heavy atom. The molecule has 2 unspecified atom stereocenters. The number of Topliss-reactive ketones (excluding diaryl/α,β-unsaturated/α-hetero) is 1. The number of nitrogens with zero attached hydrogens (tertiary/aromatic N) is 4. The molecule has 4 aliphatic rings. The number of ether oxygens (including phenoxy) is 1. The normalized spacial score (nSPS) is 23.1. The third kappa shape index (κ3) is 4.18. The molecule has 0 saturated carbocycles. The van der Waals surface area contributed by atoms with Gasteiger partial charge in [0.1, 0.15) is 17.9 Å². The zero-order valence-electron chi connectivity index (χ0n) is 24.0. The first kappa shape index (κ1) is 26.0. The van der Waals surface area contributed by atoms with Crippen LogP contribution in [0.4, 0.5) is 10.2 Å². The molecule has 4 aliphatic heterocycles. The highest BCUT2D eigenvalue weighted by atomic mass is 19.1. The third-order valence-electron chi connectivity index (χ3n) is 10.1. The summed E-state index contributed by atoms with van der Waals surface area (Å²) in [6.07, 6.45) is 6.89. The van der Waals surface area contributed by atoms with Crippen molar-refractivity contribution in [3.63, 3.8) is 0 Å². The van der Waals surface area contributed by atoms with Gasteiger partial charge in [-0.15, -0.1) is 0 Å². The van der Waals surface area contributed by atoms with Gasteiger partial charge in [0, 0.05) is 47.1 Å². The Labute approximate surface area is 245 Å². The fraction of sp³-hybridized carbons (Fsp3) is 0.441. The van der Waals surface area contributed by atoms with Gasteiger partial charge in [0.05, 0.1) is 5.54 Å². The molecule has 216 valence electrons. The Morgan fingerprint density at radius 1 is 1.00 bits per heavy atom. The number of benzene rings is 3. The topological polar surface area (TPSA) is 70.6 Å². The van der Waals surface area contributed by atoms with E-state index in [0.717, 1.165) is 68.5 Å². The Kier molecular flexibility index (Phi) is 6.19. The average molecular weight is 566 g/mol. The second-order valence-corrected chi connectivity index (χ2v) is 12.7. The van der Waals surface area contributed by atoms with Crippen LogP contribution in [0.25, 0.3) is 32.8 Å². The standard InChI is InChI=1S/C34H36FN5O2/c1-21(41)25-8-2-6-22-7-3-9-26(29(22)25)27-12-13-28-31(30(27)35)37-33(42-20-34-14-4-16-40(34)17-5-15-34)38-32(28)39-18-23-10-11-24(19-39)36-23/h2-3,6-9,12-13,23-24,36H,4-5,10-11,14-20H2,1H3. The first-order valence-electron chi connectivity index (χ1n) is 15.4. The first-order chi connectivity index (χ1) is 20.5. The van der Waals surface area contributed by atoms with Crippen molar-refractivity contribution < 1.29 is 13.9 Å². The van der Waals surface area contributed by atoms with Crippen molar-refractivity contribution >= 4 is 33.3 Å². The summed E-state index contributed by atoms with van der Waals surface area (Å²) in [7, 11) is 0. The van der Waals surface area contributed by atoms with Gasteiger partial charge in [-0.25, -0.2) is 4.39 Å². The molecule has 4 aromatic rings. The molecule has 3 aromatic carbocycles. The van der Waals surface area contributed by atoms with Gasteiger partial charge in [0.15, 0.2) is 11.6 Å². The monoisotopic (exact) mass is 565 g/mol. The number of carbonyl (C=O) groups excluding carboxylic acids is 1. The number of fused-ring (bicyclic) bond motifs is 5. The molecule has 5 heterocycles. The molecule has 2 atom stereocenters. The minimum Gasteiger partial charge on any atom is -0.461 e. The molecule has 0 radical (unpaired) electrons. The van der Waals surface area contributed by atoms with Gasteiger partial charge in [-0.2, -0.15) is 9.97 Å². The van der Waals surface area contributed by atoms with E-state index in [-0.39, 0.29) is 22.8 Å². The minimum absolute atomic E-state index is 0.0407. The molecule has 1 N–H and O–H groups in total. The van der Waals surface area contributed by atoms with Gasteiger partial charge in [-0.3, -0.25) is 9.69 Å². The summed E-state index contributed by atoms with van der Waals surface area (Å²) in [5, 5.41) is 6.05. The quantitative estimate of drug-likeness (QED) is 0.299. The lowest BCUT2D eigenvalue weighted by Crippen LogP contribution is -2.51. The number of anilines is 1. The number of nitrogens with one attached hydrogen (secondary N) is 1. The number of aromatic nitrogens is 2. The predicted molar refractivity (Wildman–Crippen MR) is 163 cm³/mol. The largest absolute Gasteiger partial charge is 0.461 e. The number of hydrogen-bond acceptors (Lipinski definition) is 7. The average Bonchev–Trinajstić information content (AvgIpc) is 3.69. The summed E-state index contributed by atoms with van der Waals surface area (Å²) in [4.78, 5) is 27.1. The van der Waals surface area contributed by atoms with Gasteiger partial charge < -0.3 is 15.0 Å². The zero-order valence-corrected chi connectivity index (χ0v) is 24.0. The third-order valence-corrected chi connectivity index (χ3v) is 10.1. The van der Waals surface area contributed by atoms with Crippen LogP contribution in [0.3, 0.4) is 0 Å². The SMILES string of the molecule is CC(=O)c1cccc2cccc(-c3ccc4c(N5CC6CCC(C5)N6)nc(OCC56CCCN5CCC6)nc4c3F)c12. The maximum absolute atomic E-state index is 16.8. The molecule has 7 nitrogen and oxygen atoms in total. The lowest BCUT2D eigenvalue weighted by atomic mass is 9.92. The van der Waals surface area contributed by atoms with Crippen LogP contribution >= 0.6 is 0 Å². The van der Waals surface area contributed by atoms with E-state index in [2.05, 4.69) is 15.1 Å². The van der Waals surface area contributed by atoms with Crippen LogP contribution in [-0.2, 0) is 0 Å². The van der Waals surface area contributed by atoms with Crippen molar-refractivity contribution in [2.75, 3.05) is 37.7 Å². The second-order valence-electron chi connectivity index (χ2n) is 12.7. The van der Waals surface area contributed by atoms with Crippen molar-refractivity contribution in [3.05, 3.63) is 59.9 Å². The first-order valence-corrected chi connectivity index (χ1v) is 15.4. The van der Waals surface area contributed by atoms with E-state index < -0.39 is 5.82 Å². The van der Waals surface area contributed by atoms with Gasteiger partial charge in [-0.1, -0.05) is 42.5 Å². The number of halogens is 1. The van der Waals surface area contributed by atoms with Crippen molar-refractivity contribution in [1.29, 1.82) is 0 Å². The Morgan fingerprint density at radius 2 is 1.74 bits per heavy atom. The van der Waals surface area contributed by atoms with Crippen LogP contribution in [0, 0.1) is 5.82 Å². The molecule has 2 bridgehead atoms. The Balaban J connectivity index is 1.27. The van der Waals surface area contributed by atoms with Crippen molar-refractivity contribution in [2.45, 2.75) is 63.1 Å². The van der Waals surface area contributed by atoms with Crippen molar-refractivity contribution in [1.82, 2.24) is 20.2 Å². The summed E-state index contributed by atoms with van der Waals surface area (Å²) < 4.78 is 23.2. The lowest BCUT2D eigenvalue weighted by molar-refractivity contribution is 0.101. The van der Waals surface area contributed by atoms with Crippen LogP contribution in [0.1, 0.15) is 55.8 Å². The van der Waals surface area contributed by atoms with Crippen LogP contribution in [0.2, 0.25) is 0 Å². The van der Waals surface area contributed by atoms with Gasteiger partial charge in [0.2, 0.25) is 0 Å². The summed E-state index contributed by atoms with van der Waals surface area (Å²) in [6.45, 7) is 5.96. The lowest BCUT2D eigenvalue weighted by Gasteiger charge is -2.34. The molecule has 4 saturated heterocycles. The van der Waals surface area contributed by atoms with Crippen LogP contribution in [0.15, 0.2) is 48.5 Å². The number of rotatable bonds is 6. The number of hydrogen-bond donors (Lipinski definition) is 1. The van der Waals surface area contributed by atoms with E-state index >= 15 is 4.39 Å². The highest BCUT2D eigenvalue weighted by Gasteiger charge is 2.45. The smallest absolute Gasteiger partial charge is 0.319 e. The number of carbonyl (C=O) groups is 1. The molecule has 42 heavy (non-hydrogen) atoms. The maximum Gasteiger partial charge on any atom is 0.319 e. The minimum atomic E-state index is -0.411. The van der Waals surface area contributed by atoms with E-state index in [4.69, 9.17) is 14.7 Å². The number of piperazine rings is 1. The summed E-state index contributed by atoms with van der Waals surface area (Å²) in [5.41, 5.74) is 2.01. The molecule has 4 fully saturated rings. The Bertz CT molecular complexity index is 1700. The molecule has 0 amide bonds. The molecular formula is C34H36FN5O2. The summed E-state index contributed by atoms with van der Waals surface area (Å²) in [6, 6.07) is 16.2. The van der Waals surface area contributed by atoms with Crippen molar-refractivity contribution in [2.24, 2.45) is 0 Å². The van der Waals surface area contributed by atoms with E-state index in [1.807, 2.05) is 48.5 Å². The van der Waals surface area contributed by atoms with Crippen LogP contribution < -0.4 is 15.0 Å². The summed E-state index contributed by atoms with van der Waals surface area (Å²) >= 11 is 0. The highest BCUT2D eigenvalue weighted by molar-refractivity contribution is 6.13. The second kappa shape index (κ2) is 9.99. The molecule has 8 heteroatoms. The zero-order chi connectivity index (χ0) is 28.4. The van der Waals surface area contributed by atoms with Gasteiger partial charge in [-0.05, 0) is 75.6 Å². The van der Waals surface area contributed by atoms with E-state index in [1.165, 1.54) is 12.8 Å². The van der Waals surface area contributed by atoms with Gasteiger partial charge >= 0.3 is 6.01 Å². The summed E-state index contributed by atoms with van der Waals surface area (Å²) in [5.74, 6) is 0.287. The van der Waals surface area contributed by atoms with E-state index in [1.54, 1.807) is 6.92 Å². The molecule has 0 spiro atoms. The fourth-order valence-electron chi connectivity index (χ4n) is 8.13. The Hall–Kier alpha value is -3.62. The molecule has 0 aliphatic carbocycles. The van der Waals surface area contributed by atoms with Gasteiger partial charge in [0.25, 0.3) is 0 Å². The van der Waals surface area contributed by atoms with E-state index in [0.29, 0.717) is 40.8 Å². The molecule has 1 aromatic heterocycles. The fourth-order valence-corrected chi connectivity index (χ4v) is 8.13. The highest BCUT2D eigenvalue weighted by Crippen LogP contribution is 2.41.